The predicted octanol–water partition coefficient (Wildman–Crippen LogP) is 4.14. The minimum atomic E-state index is -0.547. The smallest absolute Gasteiger partial charge is 0.410 e. The molecule has 4 rings (SSSR count). The highest BCUT2D eigenvalue weighted by Crippen LogP contribution is 2.36. The van der Waals surface area contributed by atoms with Crippen molar-refractivity contribution in [2.75, 3.05) is 13.1 Å². The molecule has 7 nitrogen and oxygen atoms in total. The number of benzene rings is 1. The molecule has 0 saturated carbocycles. The number of esters is 1. The zero-order chi connectivity index (χ0) is 22.3. The van der Waals surface area contributed by atoms with Gasteiger partial charge in [-0.15, -0.1) is 0 Å². The van der Waals surface area contributed by atoms with Crippen LogP contribution in [0.25, 0.3) is 11.0 Å². The van der Waals surface area contributed by atoms with Gasteiger partial charge in [0.25, 0.3) is 0 Å². The Morgan fingerprint density at radius 3 is 2.45 bits per heavy atom. The average molecular weight is 427 g/mol. The number of nitrogens with zero attached hydrogens (tertiary/aromatic N) is 1. The zero-order valence-electron chi connectivity index (χ0n) is 18.6. The highest BCUT2D eigenvalue weighted by molar-refractivity contribution is 5.91. The minimum absolute atomic E-state index is 0.294. The molecule has 1 amide bonds. The fourth-order valence-corrected chi connectivity index (χ4v) is 4.40. The number of piperidine rings is 1. The molecule has 1 fully saturated rings. The summed E-state index contributed by atoms with van der Waals surface area (Å²) in [6, 6.07) is 3.64. The van der Waals surface area contributed by atoms with Crippen molar-refractivity contribution in [2.45, 2.75) is 65.4 Å². The molecule has 7 heteroatoms. The van der Waals surface area contributed by atoms with Crippen LogP contribution in [0.3, 0.4) is 0 Å². The number of hydrogen-bond donors (Lipinski definition) is 0. The van der Waals surface area contributed by atoms with Crippen LogP contribution in [0.1, 0.15) is 56.7 Å². The second-order valence-corrected chi connectivity index (χ2v) is 9.50. The van der Waals surface area contributed by atoms with Crippen LogP contribution in [0, 0.1) is 12.8 Å². The largest absolute Gasteiger partial charge is 0.444 e. The lowest BCUT2D eigenvalue weighted by Gasteiger charge is -2.32. The van der Waals surface area contributed by atoms with E-state index in [1.807, 2.05) is 39.8 Å². The number of rotatable bonds is 2. The molecule has 0 unspecified atom stereocenters. The van der Waals surface area contributed by atoms with Gasteiger partial charge in [0.2, 0.25) is 0 Å². The molecule has 0 radical (unpaired) electrons. The summed E-state index contributed by atoms with van der Waals surface area (Å²) in [5.74, 6) is -0.150. The molecular formula is C24H29NO6. The summed E-state index contributed by atoms with van der Waals surface area (Å²) in [4.78, 5) is 39.1. The number of likely N-dealkylation sites (tertiary alicyclic amines) is 1. The number of ether oxygens (including phenoxy) is 2. The van der Waals surface area contributed by atoms with Crippen LogP contribution < -0.4 is 10.4 Å². The highest BCUT2D eigenvalue weighted by Gasteiger charge is 2.32. The van der Waals surface area contributed by atoms with Gasteiger partial charge in [0.05, 0.1) is 11.3 Å². The third-order valence-electron chi connectivity index (χ3n) is 5.87. The van der Waals surface area contributed by atoms with E-state index in [9.17, 15) is 14.4 Å². The topological polar surface area (TPSA) is 86.0 Å². The molecule has 2 aromatic rings. The first-order valence-corrected chi connectivity index (χ1v) is 10.9. The summed E-state index contributed by atoms with van der Waals surface area (Å²) in [5, 5.41) is 0.734. The van der Waals surface area contributed by atoms with Crippen molar-refractivity contribution >= 4 is 23.0 Å². The maximum absolute atomic E-state index is 12.9. The molecule has 31 heavy (non-hydrogen) atoms. The Morgan fingerprint density at radius 1 is 1.10 bits per heavy atom. The zero-order valence-corrected chi connectivity index (χ0v) is 18.6. The quantitative estimate of drug-likeness (QED) is 0.407. The van der Waals surface area contributed by atoms with Crippen molar-refractivity contribution in [1.29, 1.82) is 0 Å². The van der Waals surface area contributed by atoms with Crippen molar-refractivity contribution in [3.8, 4) is 5.75 Å². The average Bonchev–Trinajstić information content (AvgIpc) is 3.16. The van der Waals surface area contributed by atoms with Crippen LogP contribution >= 0.6 is 0 Å². The van der Waals surface area contributed by atoms with E-state index >= 15 is 0 Å². The molecule has 1 aliphatic heterocycles. The molecule has 0 spiro atoms. The SMILES string of the molecule is Cc1cc(OC(=O)C2CCN(C(=O)OC(C)(C)C)CC2)c2c3c(c(=O)oc2c1)CCC3. The molecule has 1 aromatic heterocycles. The van der Waals surface area contributed by atoms with Gasteiger partial charge in [0, 0.05) is 18.7 Å². The van der Waals surface area contributed by atoms with Crippen LogP contribution in [0.15, 0.2) is 21.3 Å². The van der Waals surface area contributed by atoms with Crippen LogP contribution in [0.4, 0.5) is 4.79 Å². The highest BCUT2D eigenvalue weighted by atomic mass is 16.6. The summed E-state index contributed by atoms with van der Waals surface area (Å²) in [5.41, 5.74) is 2.11. The van der Waals surface area contributed by atoms with Crippen molar-refractivity contribution in [3.05, 3.63) is 39.2 Å². The number of carbonyl (C=O) groups is 2. The number of fused-ring (bicyclic) bond motifs is 3. The fraction of sp³-hybridized carbons (Fsp3) is 0.542. The van der Waals surface area contributed by atoms with Gasteiger partial charge in [-0.1, -0.05) is 0 Å². The fourth-order valence-electron chi connectivity index (χ4n) is 4.40. The Morgan fingerprint density at radius 2 is 1.77 bits per heavy atom. The van der Waals surface area contributed by atoms with Crippen molar-refractivity contribution in [2.24, 2.45) is 5.92 Å². The Balaban J connectivity index is 1.51. The summed E-state index contributed by atoms with van der Waals surface area (Å²) in [7, 11) is 0. The van der Waals surface area contributed by atoms with Crippen LogP contribution in [0.2, 0.25) is 0 Å². The first kappa shape index (κ1) is 21.4. The van der Waals surface area contributed by atoms with E-state index in [4.69, 9.17) is 13.9 Å². The predicted molar refractivity (Wildman–Crippen MR) is 115 cm³/mol. The monoisotopic (exact) mass is 427 g/mol. The van der Waals surface area contributed by atoms with Gasteiger partial charge < -0.3 is 18.8 Å². The summed E-state index contributed by atoms with van der Waals surface area (Å²) >= 11 is 0. The first-order chi connectivity index (χ1) is 14.6. The van der Waals surface area contributed by atoms with Gasteiger partial charge in [0.15, 0.2) is 0 Å². The maximum Gasteiger partial charge on any atom is 0.410 e. The normalized spacial score (nSPS) is 17.0. The molecule has 1 saturated heterocycles. The Hall–Kier alpha value is -2.83. The lowest BCUT2D eigenvalue weighted by atomic mass is 9.97. The van der Waals surface area contributed by atoms with Gasteiger partial charge in [0.1, 0.15) is 16.9 Å². The van der Waals surface area contributed by atoms with Crippen molar-refractivity contribution in [1.82, 2.24) is 4.90 Å². The number of amides is 1. The van der Waals surface area contributed by atoms with E-state index in [-0.39, 0.29) is 23.6 Å². The second kappa shape index (κ2) is 8.02. The first-order valence-electron chi connectivity index (χ1n) is 10.9. The van der Waals surface area contributed by atoms with E-state index in [1.54, 1.807) is 4.90 Å². The van der Waals surface area contributed by atoms with E-state index in [0.717, 1.165) is 29.4 Å². The Labute approximate surface area is 181 Å². The van der Waals surface area contributed by atoms with Crippen molar-refractivity contribution < 1.29 is 23.5 Å². The summed E-state index contributed by atoms with van der Waals surface area (Å²) < 4.78 is 16.8. The van der Waals surface area contributed by atoms with Crippen LogP contribution in [0.5, 0.6) is 5.75 Å². The van der Waals surface area contributed by atoms with Gasteiger partial charge in [-0.25, -0.2) is 9.59 Å². The van der Waals surface area contributed by atoms with Gasteiger partial charge in [-0.3, -0.25) is 4.79 Å². The van der Waals surface area contributed by atoms with E-state index in [2.05, 4.69) is 0 Å². The third-order valence-corrected chi connectivity index (χ3v) is 5.87. The Bertz CT molecular complexity index is 1090. The molecule has 0 atom stereocenters. The van der Waals surface area contributed by atoms with E-state index < -0.39 is 5.60 Å². The number of carbonyl (C=O) groups excluding carboxylic acids is 2. The summed E-state index contributed by atoms with van der Waals surface area (Å²) in [6.45, 7) is 8.28. The minimum Gasteiger partial charge on any atom is -0.444 e. The molecule has 0 N–H and O–H groups in total. The van der Waals surface area contributed by atoms with Crippen LogP contribution in [-0.4, -0.2) is 35.7 Å². The molecule has 2 heterocycles. The van der Waals surface area contributed by atoms with E-state index in [1.165, 1.54) is 0 Å². The lowest BCUT2D eigenvalue weighted by molar-refractivity contribution is -0.140. The molecule has 1 aliphatic carbocycles. The maximum atomic E-state index is 12.9. The molecule has 1 aromatic carbocycles. The van der Waals surface area contributed by atoms with E-state index in [0.29, 0.717) is 49.2 Å². The Kier molecular flexibility index (Phi) is 5.54. The van der Waals surface area contributed by atoms with Crippen LogP contribution in [-0.2, 0) is 22.4 Å². The standard InChI is InChI=1S/C24H29NO6/c1-14-12-18(20-16-6-5-7-17(16)22(27)30-19(20)13-14)29-21(26)15-8-10-25(11-9-15)23(28)31-24(2,3)4/h12-13,15H,5-11H2,1-4H3. The summed E-state index contributed by atoms with van der Waals surface area (Å²) in [6.07, 6.45) is 3.06. The molecular weight excluding hydrogens is 398 g/mol. The lowest BCUT2D eigenvalue weighted by Crippen LogP contribution is -2.43. The number of hydrogen-bond acceptors (Lipinski definition) is 6. The molecule has 0 bridgehead atoms. The number of aryl methyl sites for hydroxylation is 2. The molecule has 166 valence electrons. The second-order valence-electron chi connectivity index (χ2n) is 9.50. The van der Waals surface area contributed by atoms with Gasteiger partial charge >= 0.3 is 17.7 Å². The molecule has 2 aliphatic rings. The van der Waals surface area contributed by atoms with Gasteiger partial charge in [-0.2, -0.15) is 0 Å². The van der Waals surface area contributed by atoms with Gasteiger partial charge in [-0.05, 0) is 83.1 Å². The van der Waals surface area contributed by atoms with Crippen molar-refractivity contribution in [3.63, 3.8) is 0 Å². The third kappa shape index (κ3) is 4.45.